The minimum absolute atomic E-state index is 0.217. The number of benzene rings is 2. The van der Waals surface area contributed by atoms with Crippen LogP contribution in [0.1, 0.15) is 18.1 Å². The molecule has 160 valence electrons. The lowest BCUT2D eigenvalue weighted by Gasteiger charge is -2.13. The second-order valence-electron chi connectivity index (χ2n) is 6.66. The summed E-state index contributed by atoms with van der Waals surface area (Å²) in [4.78, 5) is 16.2. The normalized spacial score (nSPS) is 10.6. The number of rotatable bonds is 10. The van der Waals surface area contributed by atoms with Gasteiger partial charge >= 0.3 is 0 Å². The zero-order valence-electron chi connectivity index (χ0n) is 17.7. The van der Waals surface area contributed by atoms with E-state index in [0.717, 1.165) is 22.6 Å². The van der Waals surface area contributed by atoms with Crippen LogP contribution in [-0.2, 0) is 4.79 Å². The fraction of sp³-hybridized carbons (Fsp3) is 0.200. The average molecular weight is 418 g/mol. The number of para-hydroxylation sites is 1. The molecule has 3 aromatic rings. The monoisotopic (exact) mass is 418 g/mol. The van der Waals surface area contributed by atoms with Crippen LogP contribution in [0, 0.1) is 6.92 Å². The third kappa shape index (κ3) is 6.89. The first-order valence-electron chi connectivity index (χ1n) is 10.1. The van der Waals surface area contributed by atoms with Gasteiger partial charge in [-0.3, -0.25) is 9.78 Å². The molecule has 0 radical (unpaired) electrons. The minimum atomic E-state index is -0.217. The highest BCUT2D eigenvalue weighted by molar-refractivity contribution is 6.02. The molecule has 0 unspecified atom stereocenters. The second kappa shape index (κ2) is 11.4. The third-order valence-electron chi connectivity index (χ3n) is 4.33. The fourth-order valence-corrected chi connectivity index (χ4v) is 2.80. The van der Waals surface area contributed by atoms with Gasteiger partial charge in [0, 0.05) is 24.2 Å². The van der Waals surface area contributed by atoms with Gasteiger partial charge in [-0.25, -0.2) is 0 Å². The van der Waals surface area contributed by atoms with Crippen LogP contribution < -0.4 is 19.5 Å². The van der Waals surface area contributed by atoms with Crippen molar-refractivity contribution in [2.45, 2.75) is 13.8 Å². The summed E-state index contributed by atoms with van der Waals surface area (Å²) in [5, 5.41) is 2.84. The number of hydrogen-bond acceptors (Lipinski definition) is 5. The molecule has 0 aliphatic heterocycles. The Bertz CT molecular complexity index is 1020. The lowest BCUT2D eigenvalue weighted by molar-refractivity contribution is -0.111. The molecule has 0 aliphatic carbocycles. The zero-order chi connectivity index (χ0) is 21.9. The molecule has 6 heteroatoms. The number of ether oxygens (including phenoxy) is 3. The molecule has 0 aliphatic rings. The van der Waals surface area contributed by atoms with E-state index >= 15 is 0 Å². The van der Waals surface area contributed by atoms with Gasteiger partial charge in [-0.05, 0) is 61.4 Å². The molecule has 0 bridgehead atoms. The van der Waals surface area contributed by atoms with Crippen molar-refractivity contribution in [2.24, 2.45) is 0 Å². The maximum absolute atomic E-state index is 12.2. The third-order valence-corrected chi connectivity index (χ3v) is 4.33. The molecule has 2 aromatic carbocycles. The number of amides is 1. The summed E-state index contributed by atoms with van der Waals surface area (Å²) in [6.45, 7) is 5.12. The quantitative estimate of drug-likeness (QED) is 0.375. The Hall–Kier alpha value is -3.80. The molecular formula is C25H26N2O4. The molecule has 0 fully saturated rings. The van der Waals surface area contributed by atoms with E-state index < -0.39 is 0 Å². The highest BCUT2D eigenvalue weighted by Gasteiger charge is 2.07. The maximum atomic E-state index is 12.2. The van der Waals surface area contributed by atoms with E-state index in [9.17, 15) is 4.79 Å². The predicted octanol–water partition coefficient (Wildman–Crippen LogP) is 4.90. The largest absolute Gasteiger partial charge is 0.490 e. The Morgan fingerprint density at radius 3 is 2.58 bits per heavy atom. The van der Waals surface area contributed by atoms with Crippen LogP contribution in [0.4, 0.5) is 5.69 Å². The molecule has 6 nitrogen and oxygen atoms in total. The Morgan fingerprint density at radius 2 is 1.81 bits per heavy atom. The average Bonchev–Trinajstić information content (AvgIpc) is 2.79. The first-order chi connectivity index (χ1) is 15.2. The summed E-state index contributed by atoms with van der Waals surface area (Å²) >= 11 is 0. The van der Waals surface area contributed by atoms with Gasteiger partial charge in [0.1, 0.15) is 19.0 Å². The van der Waals surface area contributed by atoms with Crippen molar-refractivity contribution in [3.8, 4) is 17.2 Å². The van der Waals surface area contributed by atoms with Crippen LogP contribution in [0.2, 0.25) is 0 Å². The Labute approximate surface area is 182 Å². The van der Waals surface area contributed by atoms with Gasteiger partial charge in [-0.1, -0.05) is 24.3 Å². The van der Waals surface area contributed by atoms with Gasteiger partial charge in [0.05, 0.1) is 6.61 Å². The summed E-state index contributed by atoms with van der Waals surface area (Å²) in [5.74, 6) is 1.84. The van der Waals surface area contributed by atoms with Gasteiger partial charge in [-0.15, -0.1) is 0 Å². The molecule has 0 saturated carbocycles. The molecule has 0 saturated heterocycles. The number of nitrogens with zero attached hydrogens (tertiary/aromatic N) is 1. The van der Waals surface area contributed by atoms with Crippen LogP contribution in [0.5, 0.6) is 17.2 Å². The number of carbonyl (C=O) groups excluding carboxylic acids is 1. The first-order valence-corrected chi connectivity index (χ1v) is 10.1. The van der Waals surface area contributed by atoms with Gasteiger partial charge < -0.3 is 19.5 Å². The van der Waals surface area contributed by atoms with E-state index in [1.54, 1.807) is 24.5 Å². The molecule has 0 spiro atoms. The van der Waals surface area contributed by atoms with Gasteiger partial charge in [0.15, 0.2) is 11.5 Å². The van der Waals surface area contributed by atoms with Crippen LogP contribution in [-0.4, -0.2) is 30.7 Å². The van der Waals surface area contributed by atoms with Gasteiger partial charge in [0.25, 0.3) is 0 Å². The van der Waals surface area contributed by atoms with Crippen LogP contribution >= 0.6 is 0 Å². The minimum Gasteiger partial charge on any atom is -0.490 e. The maximum Gasteiger partial charge on any atom is 0.248 e. The molecule has 31 heavy (non-hydrogen) atoms. The number of aryl methyl sites for hydroxylation is 1. The SMILES string of the molecule is CCOc1cc(/C=C/C(=O)Nc2ccncc2C)ccc1OCCOc1ccccc1. The van der Waals surface area contributed by atoms with E-state index in [1.807, 2.05) is 62.4 Å². The molecule has 1 amide bonds. The van der Waals surface area contributed by atoms with Gasteiger partial charge in [-0.2, -0.15) is 0 Å². The summed E-state index contributed by atoms with van der Waals surface area (Å²) in [5.41, 5.74) is 2.47. The number of hydrogen-bond donors (Lipinski definition) is 1. The number of nitrogens with one attached hydrogen (secondary N) is 1. The van der Waals surface area contributed by atoms with Gasteiger partial charge in [0.2, 0.25) is 5.91 Å². The van der Waals surface area contributed by atoms with Crippen molar-refractivity contribution in [1.82, 2.24) is 4.98 Å². The topological polar surface area (TPSA) is 69.7 Å². The number of aromatic nitrogens is 1. The number of carbonyl (C=O) groups is 1. The van der Waals surface area contributed by atoms with E-state index in [1.165, 1.54) is 6.08 Å². The van der Waals surface area contributed by atoms with Crippen molar-refractivity contribution >= 4 is 17.7 Å². The molecule has 1 heterocycles. The lowest BCUT2D eigenvalue weighted by Crippen LogP contribution is -2.10. The molecule has 0 atom stereocenters. The molecule has 3 rings (SSSR count). The van der Waals surface area contributed by atoms with Crippen LogP contribution in [0.15, 0.2) is 73.1 Å². The molecular weight excluding hydrogens is 392 g/mol. The highest BCUT2D eigenvalue weighted by Crippen LogP contribution is 2.29. The second-order valence-corrected chi connectivity index (χ2v) is 6.66. The van der Waals surface area contributed by atoms with Crippen LogP contribution in [0.25, 0.3) is 6.08 Å². The molecule has 1 N–H and O–H groups in total. The van der Waals surface area contributed by atoms with Crippen LogP contribution in [0.3, 0.4) is 0 Å². The Kier molecular flexibility index (Phi) is 8.05. The highest BCUT2D eigenvalue weighted by atomic mass is 16.5. The van der Waals surface area contributed by atoms with Crippen molar-refractivity contribution < 1.29 is 19.0 Å². The van der Waals surface area contributed by atoms with E-state index in [4.69, 9.17) is 14.2 Å². The number of anilines is 1. The zero-order valence-corrected chi connectivity index (χ0v) is 17.7. The molecule has 1 aromatic heterocycles. The standard InChI is InChI=1S/C25H26N2O4/c1-3-29-24-17-20(10-12-25(28)27-22-13-14-26-18-19(22)2)9-11-23(24)31-16-15-30-21-7-5-4-6-8-21/h4-14,17-18H,3,15-16H2,1-2H3,(H,26,27,28)/b12-10+. The van der Waals surface area contributed by atoms with Crippen molar-refractivity contribution in [1.29, 1.82) is 0 Å². The summed E-state index contributed by atoms with van der Waals surface area (Å²) < 4.78 is 17.2. The van der Waals surface area contributed by atoms with E-state index in [0.29, 0.717) is 31.3 Å². The van der Waals surface area contributed by atoms with Crippen molar-refractivity contribution in [3.05, 3.63) is 84.2 Å². The van der Waals surface area contributed by atoms with Crippen molar-refractivity contribution in [2.75, 3.05) is 25.1 Å². The summed E-state index contributed by atoms with van der Waals surface area (Å²) in [6.07, 6.45) is 6.57. The fourth-order valence-electron chi connectivity index (χ4n) is 2.80. The lowest BCUT2D eigenvalue weighted by atomic mass is 10.2. The Balaban J connectivity index is 1.57. The summed E-state index contributed by atoms with van der Waals surface area (Å²) in [7, 11) is 0. The summed E-state index contributed by atoms with van der Waals surface area (Å²) in [6, 6.07) is 16.9. The first kappa shape index (κ1) is 21.9. The Morgan fingerprint density at radius 1 is 1.00 bits per heavy atom. The predicted molar refractivity (Wildman–Crippen MR) is 122 cm³/mol. The van der Waals surface area contributed by atoms with E-state index in [2.05, 4.69) is 10.3 Å². The smallest absolute Gasteiger partial charge is 0.248 e. The van der Waals surface area contributed by atoms with E-state index in [-0.39, 0.29) is 5.91 Å². The number of pyridine rings is 1. The van der Waals surface area contributed by atoms with Crippen molar-refractivity contribution in [3.63, 3.8) is 0 Å².